The quantitative estimate of drug-likeness (QED) is 0.386. The van der Waals surface area contributed by atoms with Crippen molar-refractivity contribution in [2.24, 2.45) is 0 Å². The molecule has 2 radical (unpaired) electrons. The maximum absolute atomic E-state index is 10.1. The van der Waals surface area contributed by atoms with Crippen LogP contribution >= 0.6 is 0 Å². The van der Waals surface area contributed by atoms with Crippen LogP contribution in [0.2, 0.25) is 0 Å². The highest BCUT2D eigenvalue weighted by Gasteiger charge is 2.21. The highest BCUT2D eigenvalue weighted by atomic mass is 19.6. The van der Waals surface area contributed by atoms with Gasteiger partial charge in [-0.05, 0) is 0 Å². The normalized spacial score (nSPS) is 12.0. The third-order valence-electron chi connectivity index (χ3n) is 0. The van der Waals surface area contributed by atoms with Crippen molar-refractivity contribution >= 4 is 0 Å². The van der Waals surface area contributed by atoms with E-state index in [-0.39, 0.29) is 0 Å². The van der Waals surface area contributed by atoms with E-state index in [1.807, 2.05) is 0 Å². The maximum atomic E-state index is 10.1. The van der Waals surface area contributed by atoms with Gasteiger partial charge in [-0.25, -0.2) is 0 Å². The van der Waals surface area contributed by atoms with Gasteiger partial charge >= 0.3 is 7.05 Å². The highest BCUT2D eigenvalue weighted by molar-refractivity contribution is 3.69. The van der Waals surface area contributed by atoms with Gasteiger partial charge in [0.05, 0.1) is 13.4 Å². The zero-order chi connectivity index (χ0) is 4.50. The number of halogens is 3. The fourth-order valence-electron chi connectivity index (χ4n) is 0. The van der Waals surface area contributed by atoms with Gasteiger partial charge in [0, 0.05) is 0 Å². The fourth-order valence-corrected chi connectivity index (χ4v) is 0. The summed E-state index contributed by atoms with van der Waals surface area (Å²) in [5.41, 5.74) is 0. The summed E-state index contributed by atoms with van der Waals surface area (Å²) in [6.07, 6.45) is 0. The lowest BCUT2D eigenvalue weighted by Crippen LogP contribution is -2.03. The summed E-state index contributed by atoms with van der Waals surface area (Å²) >= 11 is 0. The first kappa shape index (κ1) is 4.75. The summed E-state index contributed by atoms with van der Waals surface area (Å²) in [7, 11) is 3.29. The number of hydrogen-bond acceptors (Lipinski definition) is 0. The predicted octanol–water partition coefficient (Wildman–Crippen LogP) is 1.13. The van der Waals surface area contributed by atoms with E-state index in [0.717, 1.165) is 0 Å². The SMILES string of the molecule is [CH][N+](F)(F)F. The Balaban J connectivity index is 3.02. The van der Waals surface area contributed by atoms with Crippen LogP contribution in [-0.4, -0.2) is 5.15 Å². The van der Waals surface area contributed by atoms with Crippen molar-refractivity contribution in [2.75, 3.05) is 0 Å². The topological polar surface area (TPSA) is 0 Å². The molecule has 0 saturated heterocycles. The second kappa shape index (κ2) is 0.858. The van der Waals surface area contributed by atoms with E-state index < -0.39 is 5.15 Å². The lowest BCUT2D eigenvalue weighted by atomic mass is 11.5. The van der Waals surface area contributed by atoms with E-state index in [1.54, 1.807) is 0 Å². The standard InChI is InChI=1S/CHF3N/c1-5(2,3)4/h1H/q+1. The summed E-state index contributed by atoms with van der Waals surface area (Å²) in [5, 5.41) is -4.00. The molecule has 0 N–H and O–H groups in total. The van der Waals surface area contributed by atoms with Crippen molar-refractivity contribution in [3.63, 3.8) is 0 Å². The van der Waals surface area contributed by atoms with E-state index in [9.17, 15) is 13.4 Å². The fraction of sp³-hybridized carbons (Fsp3) is 0. The molecule has 0 aromatic carbocycles. The van der Waals surface area contributed by atoms with Crippen molar-refractivity contribution < 1.29 is 18.6 Å². The van der Waals surface area contributed by atoms with E-state index in [2.05, 4.69) is 7.05 Å². The zero-order valence-corrected chi connectivity index (χ0v) is 2.16. The van der Waals surface area contributed by atoms with Gasteiger partial charge < -0.3 is 0 Å². The predicted molar refractivity (Wildman–Crippen MR) is 7.88 cm³/mol. The van der Waals surface area contributed by atoms with Crippen molar-refractivity contribution in [3.05, 3.63) is 7.05 Å². The molecule has 4 heteroatoms. The molecule has 0 aromatic heterocycles. The molecule has 1 nitrogen and oxygen atoms in total. The Labute approximate surface area is 27.0 Å². The van der Waals surface area contributed by atoms with Crippen molar-refractivity contribution in [3.8, 4) is 0 Å². The Morgan fingerprint density at radius 1 is 1.20 bits per heavy atom. The second-order valence-corrected chi connectivity index (χ2v) is 0.484. The molecule has 0 atom stereocenters. The second-order valence-electron chi connectivity index (χ2n) is 0.484. The van der Waals surface area contributed by atoms with Gasteiger partial charge in [0.25, 0.3) is 5.15 Å². The summed E-state index contributed by atoms with van der Waals surface area (Å²) in [4.78, 5) is 0. The van der Waals surface area contributed by atoms with Crippen LogP contribution in [0.5, 0.6) is 0 Å². The molecule has 0 unspecified atom stereocenters. The Morgan fingerprint density at radius 3 is 1.20 bits per heavy atom. The molecule has 0 saturated carbocycles. The molecular weight excluding hydrogens is 83.0 g/mol. The molecule has 0 amide bonds. The third kappa shape index (κ3) is 184. The number of hydrogen-bond donors (Lipinski definition) is 0. The van der Waals surface area contributed by atoms with E-state index in [0.29, 0.717) is 0 Å². The van der Waals surface area contributed by atoms with E-state index >= 15 is 0 Å². The zero-order valence-electron chi connectivity index (χ0n) is 2.16. The molecule has 0 bridgehead atoms. The van der Waals surface area contributed by atoms with Crippen LogP contribution in [0.15, 0.2) is 0 Å². The molecule has 30 valence electrons. The molecule has 0 aliphatic rings. The molecule has 0 fully saturated rings. The monoisotopic (exact) mass is 84.0 g/mol. The van der Waals surface area contributed by atoms with E-state index in [1.165, 1.54) is 0 Å². The lowest BCUT2D eigenvalue weighted by Gasteiger charge is -1.79. The number of nitrogens with zero attached hydrogens (tertiary/aromatic N) is 1. The Morgan fingerprint density at radius 2 is 1.20 bits per heavy atom. The minimum absolute atomic E-state index is 3.29. The first-order valence-corrected chi connectivity index (χ1v) is 0.765. The number of rotatable bonds is 0. The van der Waals surface area contributed by atoms with Crippen LogP contribution in [0.25, 0.3) is 0 Å². The van der Waals surface area contributed by atoms with Crippen LogP contribution in [0.4, 0.5) is 13.4 Å². The van der Waals surface area contributed by atoms with Crippen molar-refractivity contribution in [1.82, 2.24) is 0 Å². The Kier molecular flexibility index (Phi) is 0.815. The third-order valence-corrected chi connectivity index (χ3v) is 0. The molecule has 0 aromatic rings. The van der Waals surface area contributed by atoms with Crippen LogP contribution in [0.1, 0.15) is 0 Å². The minimum Gasteiger partial charge on any atom is 0.0904 e. The van der Waals surface area contributed by atoms with Gasteiger partial charge in [0.15, 0.2) is 0 Å². The Bertz CT molecular complexity index is 22.4. The van der Waals surface area contributed by atoms with Gasteiger partial charge in [-0.15, -0.1) is 0 Å². The van der Waals surface area contributed by atoms with Gasteiger partial charge in [0.1, 0.15) is 0 Å². The molecule has 0 heterocycles. The van der Waals surface area contributed by atoms with Crippen LogP contribution in [0.3, 0.4) is 0 Å². The van der Waals surface area contributed by atoms with Gasteiger partial charge in [-0.2, -0.15) is 0 Å². The molecule has 0 rings (SSSR count). The average Bonchev–Trinajstić information content (AvgIpc) is 0.722. The van der Waals surface area contributed by atoms with E-state index in [4.69, 9.17) is 0 Å². The maximum Gasteiger partial charge on any atom is 0.345 e. The minimum atomic E-state index is -4.00. The first-order chi connectivity index (χ1) is 2.00. The van der Waals surface area contributed by atoms with Gasteiger partial charge in [-0.1, -0.05) is 0 Å². The van der Waals surface area contributed by atoms with Gasteiger partial charge in [0.2, 0.25) is 0 Å². The van der Waals surface area contributed by atoms with Crippen LogP contribution in [0, 0.1) is 7.05 Å². The Hall–Kier alpha value is -0.250. The summed E-state index contributed by atoms with van der Waals surface area (Å²) in [5.74, 6) is 0. The number of quaternary nitrogens is 1. The van der Waals surface area contributed by atoms with Crippen molar-refractivity contribution in [1.29, 1.82) is 0 Å². The molecule has 0 aliphatic carbocycles. The lowest BCUT2D eigenvalue weighted by molar-refractivity contribution is -1.24. The summed E-state index contributed by atoms with van der Waals surface area (Å²) < 4.78 is 30.2. The van der Waals surface area contributed by atoms with Crippen molar-refractivity contribution in [2.45, 2.75) is 0 Å². The molecular formula is CHF3N+. The molecule has 0 spiro atoms. The first-order valence-electron chi connectivity index (χ1n) is 0.765. The summed E-state index contributed by atoms with van der Waals surface area (Å²) in [6.45, 7) is 0. The van der Waals surface area contributed by atoms with Gasteiger partial charge in [-0.3, -0.25) is 0 Å². The molecule has 5 heavy (non-hydrogen) atoms. The van der Waals surface area contributed by atoms with Crippen LogP contribution < -0.4 is 0 Å². The smallest absolute Gasteiger partial charge is 0.0904 e. The summed E-state index contributed by atoms with van der Waals surface area (Å²) in [6, 6.07) is 0. The van der Waals surface area contributed by atoms with Crippen LogP contribution in [-0.2, 0) is 0 Å². The largest absolute Gasteiger partial charge is 0.345 e. The molecule has 0 aliphatic heterocycles. The highest BCUT2D eigenvalue weighted by Crippen LogP contribution is 2.03. The average molecular weight is 84.0 g/mol.